The Morgan fingerprint density at radius 2 is 2.18 bits per heavy atom. The van der Waals surface area contributed by atoms with Crippen molar-refractivity contribution in [3.63, 3.8) is 0 Å². The van der Waals surface area contributed by atoms with E-state index in [1.165, 1.54) is 17.4 Å². The van der Waals surface area contributed by atoms with Crippen LogP contribution in [0.5, 0.6) is 0 Å². The highest BCUT2D eigenvalue weighted by atomic mass is 127. The first-order valence-corrected chi connectivity index (χ1v) is 11.6. The van der Waals surface area contributed by atoms with Gasteiger partial charge in [-0.15, -0.1) is 0 Å². The second-order valence-electron chi connectivity index (χ2n) is 6.81. The number of thiophene rings is 1. The van der Waals surface area contributed by atoms with Crippen LogP contribution in [0.25, 0.3) is 15.7 Å². The number of fused-ring (bicyclic) bond motifs is 1. The van der Waals surface area contributed by atoms with Crippen molar-refractivity contribution in [3.8, 4) is 0 Å². The standard InChI is InChI=1S/C22H17FIN5O3S/c1-25-19-5-3-14(33-19)12-29-18-6-7-26-11-15(18)20(21(29)22(31)28-32-9-8-30)27-17-4-2-13(24)10-16(17)23/h2-7,10-11,27,30H,8-9,12H2,(H,28,31). The fourth-order valence-corrected chi connectivity index (χ4v) is 4.56. The summed E-state index contributed by atoms with van der Waals surface area (Å²) in [6.07, 6.45) is 3.21. The molecule has 0 unspecified atom stereocenters. The summed E-state index contributed by atoms with van der Waals surface area (Å²) in [6.45, 7) is 7.17. The Morgan fingerprint density at radius 1 is 1.33 bits per heavy atom. The molecule has 0 radical (unpaired) electrons. The summed E-state index contributed by atoms with van der Waals surface area (Å²) >= 11 is 3.35. The molecule has 0 bridgehead atoms. The Balaban J connectivity index is 1.86. The lowest BCUT2D eigenvalue weighted by atomic mass is 10.2. The molecule has 3 heterocycles. The Kier molecular flexibility index (Phi) is 7.19. The molecule has 3 N–H and O–H groups in total. The van der Waals surface area contributed by atoms with E-state index in [0.29, 0.717) is 28.1 Å². The molecule has 0 aliphatic heterocycles. The fourth-order valence-electron chi connectivity index (χ4n) is 3.33. The third kappa shape index (κ3) is 4.98. The summed E-state index contributed by atoms with van der Waals surface area (Å²) in [5.74, 6) is -1.04. The van der Waals surface area contributed by atoms with Gasteiger partial charge in [-0.25, -0.2) is 14.7 Å². The zero-order valence-electron chi connectivity index (χ0n) is 17.0. The third-order valence-electron chi connectivity index (χ3n) is 4.70. The Morgan fingerprint density at radius 3 is 2.91 bits per heavy atom. The van der Waals surface area contributed by atoms with Crippen LogP contribution in [0.15, 0.2) is 48.8 Å². The average molecular weight is 577 g/mol. The number of benzene rings is 1. The van der Waals surface area contributed by atoms with E-state index in [1.807, 2.05) is 28.7 Å². The van der Waals surface area contributed by atoms with Crippen LogP contribution >= 0.6 is 33.9 Å². The highest BCUT2D eigenvalue weighted by molar-refractivity contribution is 14.1. The minimum absolute atomic E-state index is 0.0820. The lowest BCUT2D eigenvalue weighted by molar-refractivity contribution is 0.0163. The number of carbonyl (C=O) groups is 1. The first kappa shape index (κ1) is 23.1. The SMILES string of the molecule is [C-]#[N+]c1ccc(Cn2c(C(=O)NOCCO)c(Nc3ccc(I)cc3F)c3cnccc32)s1. The molecule has 0 saturated carbocycles. The second kappa shape index (κ2) is 10.3. The number of amides is 1. The van der Waals surface area contributed by atoms with E-state index in [9.17, 15) is 9.18 Å². The number of aromatic nitrogens is 2. The van der Waals surface area contributed by atoms with Crippen molar-refractivity contribution in [3.05, 3.63) is 80.2 Å². The van der Waals surface area contributed by atoms with Crippen LogP contribution in [0.4, 0.5) is 20.8 Å². The van der Waals surface area contributed by atoms with Crippen LogP contribution < -0.4 is 10.8 Å². The fraction of sp³-hybridized carbons (Fsp3) is 0.136. The van der Waals surface area contributed by atoms with Crippen molar-refractivity contribution in [2.45, 2.75) is 6.54 Å². The van der Waals surface area contributed by atoms with Gasteiger partial charge in [0.25, 0.3) is 5.91 Å². The van der Waals surface area contributed by atoms with Gasteiger partial charge in [0.2, 0.25) is 5.00 Å². The predicted octanol–water partition coefficient (Wildman–Crippen LogP) is 4.84. The van der Waals surface area contributed by atoms with Gasteiger partial charge in [0.1, 0.15) is 11.5 Å². The maximum atomic E-state index is 14.6. The van der Waals surface area contributed by atoms with E-state index in [2.05, 4.69) is 20.6 Å². The Hall–Kier alpha value is -3.05. The van der Waals surface area contributed by atoms with Crippen molar-refractivity contribution in [2.75, 3.05) is 18.5 Å². The number of aliphatic hydroxyl groups is 1. The van der Waals surface area contributed by atoms with Crippen LogP contribution in [0.3, 0.4) is 0 Å². The zero-order valence-corrected chi connectivity index (χ0v) is 20.0. The van der Waals surface area contributed by atoms with Crippen molar-refractivity contribution < 1.29 is 19.1 Å². The molecule has 0 atom stereocenters. The van der Waals surface area contributed by atoms with E-state index >= 15 is 0 Å². The average Bonchev–Trinajstić information content (AvgIpc) is 3.39. The van der Waals surface area contributed by atoms with Gasteiger partial charge in [0.05, 0.1) is 43.2 Å². The number of aliphatic hydroxyl groups excluding tert-OH is 1. The molecular formula is C22H17FIN5O3S. The molecular weight excluding hydrogens is 560 g/mol. The minimum Gasteiger partial charge on any atom is -0.394 e. The third-order valence-corrected chi connectivity index (χ3v) is 6.34. The maximum absolute atomic E-state index is 14.6. The highest BCUT2D eigenvalue weighted by Gasteiger charge is 2.25. The number of anilines is 2. The number of pyridine rings is 1. The van der Waals surface area contributed by atoms with Gasteiger partial charge in [0, 0.05) is 26.2 Å². The van der Waals surface area contributed by atoms with Crippen LogP contribution in [-0.4, -0.2) is 33.8 Å². The van der Waals surface area contributed by atoms with Gasteiger partial charge in [-0.1, -0.05) is 6.07 Å². The van der Waals surface area contributed by atoms with E-state index in [1.54, 1.807) is 41.2 Å². The molecule has 4 rings (SSSR count). The topological polar surface area (TPSA) is 92.8 Å². The summed E-state index contributed by atoms with van der Waals surface area (Å²) < 4.78 is 17.1. The van der Waals surface area contributed by atoms with E-state index < -0.39 is 11.7 Å². The lowest BCUT2D eigenvalue weighted by Crippen LogP contribution is -2.28. The molecule has 11 heteroatoms. The molecule has 0 spiro atoms. The maximum Gasteiger partial charge on any atom is 0.293 e. The van der Waals surface area contributed by atoms with Crippen LogP contribution in [-0.2, 0) is 11.4 Å². The number of halogens is 2. The summed E-state index contributed by atoms with van der Waals surface area (Å²) in [7, 11) is 0. The molecule has 0 aliphatic carbocycles. The first-order valence-electron chi connectivity index (χ1n) is 9.69. The molecule has 0 aliphatic rings. The monoisotopic (exact) mass is 577 g/mol. The summed E-state index contributed by atoms with van der Waals surface area (Å²) in [4.78, 5) is 26.7. The molecule has 3 aromatic heterocycles. The summed E-state index contributed by atoms with van der Waals surface area (Å²) in [5, 5.41) is 13.2. The van der Waals surface area contributed by atoms with Crippen LogP contribution in [0, 0.1) is 16.0 Å². The van der Waals surface area contributed by atoms with Gasteiger partial charge in [-0.3, -0.25) is 14.6 Å². The molecule has 1 amide bonds. The molecule has 0 saturated heterocycles. The van der Waals surface area contributed by atoms with Gasteiger partial charge >= 0.3 is 0 Å². The number of hydrogen-bond donors (Lipinski definition) is 3. The van der Waals surface area contributed by atoms with Crippen molar-refractivity contribution >= 4 is 67.1 Å². The number of hydrogen-bond acceptors (Lipinski definition) is 6. The van der Waals surface area contributed by atoms with Crippen LogP contribution in [0.2, 0.25) is 0 Å². The van der Waals surface area contributed by atoms with Gasteiger partial charge in [-0.2, -0.15) is 11.3 Å². The number of nitrogens with one attached hydrogen (secondary N) is 2. The highest BCUT2D eigenvalue weighted by Crippen LogP contribution is 2.36. The Bertz CT molecular complexity index is 1360. The van der Waals surface area contributed by atoms with Crippen LogP contribution in [0.1, 0.15) is 15.4 Å². The Labute approximate surface area is 205 Å². The van der Waals surface area contributed by atoms with Gasteiger partial charge < -0.3 is 15.0 Å². The molecule has 0 fully saturated rings. The number of carbonyl (C=O) groups excluding carboxylic acids is 1. The smallest absolute Gasteiger partial charge is 0.293 e. The molecule has 4 aromatic rings. The number of nitrogens with zero attached hydrogens (tertiary/aromatic N) is 3. The molecule has 8 nitrogen and oxygen atoms in total. The van der Waals surface area contributed by atoms with Crippen molar-refractivity contribution in [1.29, 1.82) is 0 Å². The van der Waals surface area contributed by atoms with Gasteiger partial charge in [-0.05, 0) is 52.9 Å². The normalized spacial score (nSPS) is 10.8. The molecule has 33 heavy (non-hydrogen) atoms. The van der Waals surface area contributed by atoms with E-state index in [0.717, 1.165) is 8.45 Å². The summed E-state index contributed by atoms with van der Waals surface area (Å²) in [5.41, 5.74) is 3.80. The van der Waals surface area contributed by atoms with Gasteiger partial charge in [0.15, 0.2) is 0 Å². The zero-order chi connectivity index (χ0) is 23.4. The van der Waals surface area contributed by atoms with Crippen molar-refractivity contribution in [1.82, 2.24) is 15.0 Å². The number of rotatable bonds is 8. The number of hydroxylamine groups is 1. The summed E-state index contributed by atoms with van der Waals surface area (Å²) in [6, 6.07) is 10.1. The van der Waals surface area contributed by atoms with E-state index in [4.69, 9.17) is 16.5 Å². The first-order chi connectivity index (χ1) is 16.0. The van der Waals surface area contributed by atoms with Crippen molar-refractivity contribution in [2.24, 2.45) is 0 Å². The molecule has 168 valence electrons. The quantitative estimate of drug-likeness (QED) is 0.121. The minimum atomic E-state index is -0.574. The second-order valence-corrected chi connectivity index (χ2v) is 9.20. The van der Waals surface area contributed by atoms with E-state index in [-0.39, 0.29) is 24.6 Å². The molecule has 1 aromatic carbocycles. The largest absolute Gasteiger partial charge is 0.394 e. The lowest BCUT2D eigenvalue weighted by Gasteiger charge is -2.13. The predicted molar refractivity (Wildman–Crippen MR) is 132 cm³/mol.